The van der Waals surface area contributed by atoms with E-state index >= 15 is 0 Å². The van der Waals surface area contributed by atoms with Crippen LogP contribution in [0.1, 0.15) is 5.56 Å². The van der Waals surface area contributed by atoms with Gasteiger partial charge in [0.15, 0.2) is 0 Å². The molecule has 1 N–H and O–H groups in total. The van der Waals surface area contributed by atoms with E-state index in [2.05, 4.69) is 10.3 Å². The molecule has 8 heteroatoms. The maximum atomic E-state index is 12.7. The Balaban J connectivity index is 2.12. The Labute approximate surface area is 117 Å². The third-order valence-corrected chi connectivity index (χ3v) is 2.77. The highest BCUT2D eigenvalue weighted by Gasteiger charge is 2.33. The quantitative estimate of drug-likeness (QED) is 0.946. The highest BCUT2D eigenvalue weighted by molar-refractivity contribution is 6.31. The summed E-state index contributed by atoms with van der Waals surface area (Å²) in [6.45, 7) is -0.0377. The van der Waals surface area contributed by atoms with E-state index in [0.717, 1.165) is 12.1 Å². The molecule has 1 aromatic carbocycles. The zero-order chi connectivity index (χ0) is 14.8. The van der Waals surface area contributed by atoms with E-state index < -0.39 is 22.7 Å². The van der Waals surface area contributed by atoms with Crippen LogP contribution >= 0.6 is 11.6 Å². The maximum absolute atomic E-state index is 12.7. The molecule has 0 bridgehead atoms. The number of aromatic nitrogens is 2. The molecule has 0 saturated heterocycles. The van der Waals surface area contributed by atoms with Gasteiger partial charge in [-0.15, -0.1) is 0 Å². The first-order valence-electron chi connectivity index (χ1n) is 5.48. The summed E-state index contributed by atoms with van der Waals surface area (Å²) >= 11 is 5.49. The maximum Gasteiger partial charge on any atom is 0.417 e. The van der Waals surface area contributed by atoms with Crippen molar-refractivity contribution in [2.45, 2.75) is 12.7 Å². The second-order valence-corrected chi connectivity index (χ2v) is 4.38. The summed E-state index contributed by atoms with van der Waals surface area (Å²) in [5.74, 6) is -0.460. The van der Waals surface area contributed by atoms with Gasteiger partial charge in [-0.3, -0.25) is 4.79 Å². The van der Waals surface area contributed by atoms with E-state index in [-0.39, 0.29) is 12.2 Å². The van der Waals surface area contributed by atoms with Crippen LogP contribution in [0.4, 0.5) is 18.9 Å². The minimum atomic E-state index is -4.57. The highest BCUT2D eigenvalue weighted by atomic mass is 35.5. The molecule has 0 unspecified atom stereocenters. The predicted molar refractivity (Wildman–Crippen MR) is 67.3 cm³/mol. The Kier molecular flexibility index (Phi) is 3.99. The molecule has 0 atom stereocenters. The topological polar surface area (TPSA) is 46.9 Å². The molecule has 1 amide bonds. The van der Waals surface area contributed by atoms with E-state index in [0.29, 0.717) is 0 Å². The van der Waals surface area contributed by atoms with E-state index in [1.165, 1.54) is 23.2 Å². The van der Waals surface area contributed by atoms with Gasteiger partial charge in [-0.05, 0) is 18.2 Å². The van der Waals surface area contributed by atoms with Crippen LogP contribution in [0.15, 0.2) is 36.9 Å². The first-order chi connectivity index (χ1) is 9.36. The summed E-state index contributed by atoms with van der Waals surface area (Å²) in [6.07, 6.45) is -0.0648. The molecular weight excluding hydrogens is 295 g/mol. The molecule has 2 rings (SSSR count). The number of imidazole rings is 1. The van der Waals surface area contributed by atoms with Gasteiger partial charge in [-0.25, -0.2) is 4.98 Å². The lowest BCUT2D eigenvalue weighted by Gasteiger charge is -2.11. The molecule has 0 aliphatic rings. The fourth-order valence-electron chi connectivity index (χ4n) is 1.57. The Morgan fingerprint density at radius 3 is 2.75 bits per heavy atom. The number of rotatable bonds is 3. The fourth-order valence-corrected chi connectivity index (χ4v) is 1.79. The second-order valence-electron chi connectivity index (χ2n) is 3.98. The van der Waals surface area contributed by atoms with Crippen molar-refractivity contribution < 1.29 is 18.0 Å². The molecule has 0 aliphatic carbocycles. The predicted octanol–water partition coefficient (Wildman–Crippen LogP) is 3.19. The van der Waals surface area contributed by atoms with Crippen LogP contribution in [0, 0.1) is 0 Å². The normalized spacial score (nSPS) is 11.4. The lowest BCUT2D eigenvalue weighted by atomic mass is 10.2. The van der Waals surface area contributed by atoms with E-state index in [4.69, 9.17) is 11.6 Å². The van der Waals surface area contributed by atoms with Gasteiger partial charge >= 0.3 is 6.18 Å². The Bertz CT molecular complexity index is 611. The van der Waals surface area contributed by atoms with Gasteiger partial charge in [-0.2, -0.15) is 13.2 Å². The summed E-state index contributed by atoms with van der Waals surface area (Å²) in [5.41, 5.74) is -0.952. The first kappa shape index (κ1) is 14.4. The zero-order valence-corrected chi connectivity index (χ0v) is 10.7. The van der Waals surface area contributed by atoms with Crippen molar-refractivity contribution >= 4 is 23.2 Å². The third-order valence-electron chi connectivity index (χ3n) is 2.44. The van der Waals surface area contributed by atoms with Crippen LogP contribution in [0.3, 0.4) is 0 Å². The third kappa shape index (κ3) is 3.51. The summed E-state index contributed by atoms with van der Waals surface area (Å²) in [5, 5.41) is 1.96. The number of halogens is 4. The number of amides is 1. The number of nitrogens with zero attached hydrogens (tertiary/aromatic N) is 2. The SMILES string of the molecule is O=C(Cn1ccnc1)Nc1ccc(Cl)c(C(F)(F)F)c1. The van der Waals surface area contributed by atoms with Crippen LogP contribution in [-0.4, -0.2) is 15.5 Å². The van der Waals surface area contributed by atoms with Crippen LogP contribution in [0.5, 0.6) is 0 Å². The lowest BCUT2D eigenvalue weighted by Crippen LogP contribution is -2.18. The van der Waals surface area contributed by atoms with Gasteiger partial charge in [0.25, 0.3) is 0 Å². The molecule has 1 heterocycles. The van der Waals surface area contributed by atoms with Crippen molar-refractivity contribution in [2.24, 2.45) is 0 Å². The Morgan fingerprint density at radius 1 is 1.40 bits per heavy atom. The van der Waals surface area contributed by atoms with Crippen LogP contribution in [-0.2, 0) is 17.5 Å². The molecule has 0 radical (unpaired) electrons. The number of anilines is 1. The molecular formula is C12H9ClF3N3O. The molecule has 0 saturated carbocycles. The zero-order valence-electron chi connectivity index (χ0n) is 9.99. The smallest absolute Gasteiger partial charge is 0.328 e. The number of hydrogen-bond acceptors (Lipinski definition) is 2. The molecule has 106 valence electrons. The molecule has 4 nitrogen and oxygen atoms in total. The number of carbonyl (C=O) groups excluding carboxylic acids is 1. The average Bonchev–Trinajstić information content (AvgIpc) is 2.83. The van der Waals surface area contributed by atoms with E-state index in [9.17, 15) is 18.0 Å². The average molecular weight is 304 g/mol. The van der Waals surface area contributed by atoms with Crippen molar-refractivity contribution in [3.8, 4) is 0 Å². The largest absolute Gasteiger partial charge is 0.417 e. The Morgan fingerprint density at radius 2 is 2.15 bits per heavy atom. The van der Waals surface area contributed by atoms with Crippen molar-refractivity contribution in [2.75, 3.05) is 5.32 Å². The summed E-state index contributed by atoms with van der Waals surface area (Å²) in [7, 11) is 0. The lowest BCUT2D eigenvalue weighted by molar-refractivity contribution is -0.137. The van der Waals surface area contributed by atoms with Gasteiger partial charge < -0.3 is 9.88 Å². The standard InChI is InChI=1S/C12H9ClF3N3O/c13-10-2-1-8(5-9(10)12(14,15)16)18-11(20)6-19-4-3-17-7-19/h1-5,7H,6H2,(H,18,20). The molecule has 20 heavy (non-hydrogen) atoms. The van der Waals surface area contributed by atoms with Crippen LogP contribution in [0.2, 0.25) is 5.02 Å². The van der Waals surface area contributed by atoms with Crippen molar-refractivity contribution in [1.82, 2.24) is 9.55 Å². The Hall–Kier alpha value is -2.02. The minimum absolute atomic E-state index is 0.0341. The van der Waals surface area contributed by atoms with Crippen LogP contribution in [0.25, 0.3) is 0 Å². The van der Waals surface area contributed by atoms with Gasteiger partial charge in [0.1, 0.15) is 6.54 Å². The number of nitrogens with one attached hydrogen (secondary N) is 1. The second kappa shape index (κ2) is 5.54. The van der Waals surface area contributed by atoms with Gasteiger partial charge in [0.2, 0.25) is 5.91 Å². The van der Waals surface area contributed by atoms with E-state index in [1.807, 2.05) is 0 Å². The van der Waals surface area contributed by atoms with Crippen molar-refractivity contribution in [3.05, 3.63) is 47.5 Å². The summed E-state index contributed by atoms with van der Waals surface area (Å²) < 4.78 is 39.5. The van der Waals surface area contributed by atoms with Crippen molar-refractivity contribution in [1.29, 1.82) is 0 Å². The monoisotopic (exact) mass is 303 g/mol. The molecule has 2 aromatic rings. The summed E-state index contributed by atoms with van der Waals surface area (Å²) in [4.78, 5) is 15.4. The molecule has 0 fully saturated rings. The van der Waals surface area contributed by atoms with Gasteiger partial charge in [-0.1, -0.05) is 11.6 Å². The van der Waals surface area contributed by atoms with Gasteiger partial charge in [0, 0.05) is 18.1 Å². The summed E-state index contributed by atoms with van der Waals surface area (Å²) in [6, 6.07) is 3.20. The van der Waals surface area contributed by atoms with Crippen LogP contribution < -0.4 is 5.32 Å². The molecule has 0 spiro atoms. The molecule has 0 aliphatic heterocycles. The number of carbonyl (C=O) groups is 1. The highest BCUT2D eigenvalue weighted by Crippen LogP contribution is 2.36. The molecule has 1 aromatic heterocycles. The van der Waals surface area contributed by atoms with Gasteiger partial charge in [0.05, 0.1) is 16.9 Å². The first-order valence-corrected chi connectivity index (χ1v) is 5.86. The number of benzene rings is 1. The minimum Gasteiger partial charge on any atom is -0.328 e. The van der Waals surface area contributed by atoms with E-state index in [1.54, 1.807) is 6.20 Å². The number of hydrogen-bond donors (Lipinski definition) is 1. The fraction of sp³-hybridized carbons (Fsp3) is 0.167. The van der Waals surface area contributed by atoms with Crippen molar-refractivity contribution in [3.63, 3.8) is 0 Å². The number of alkyl halides is 3.